The highest BCUT2D eigenvalue weighted by molar-refractivity contribution is 5.87. The normalized spacial score (nSPS) is 10.2. The molecule has 1 aromatic heterocycles. The van der Waals surface area contributed by atoms with Gasteiger partial charge in [-0.3, -0.25) is 4.79 Å². The second kappa shape index (κ2) is 6.10. The Bertz CT molecular complexity index is 632. The average molecular weight is 278 g/mol. The molecule has 2 aromatic rings. The number of nitrogens with one attached hydrogen (secondary N) is 1. The maximum absolute atomic E-state index is 13.4. The van der Waals surface area contributed by atoms with E-state index in [-0.39, 0.29) is 18.3 Å². The first kappa shape index (κ1) is 13.9. The van der Waals surface area contributed by atoms with Crippen molar-refractivity contribution in [2.24, 2.45) is 0 Å². The van der Waals surface area contributed by atoms with Gasteiger partial charge in [0.25, 0.3) is 0 Å². The molecule has 104 valence electrons. The molecule has 0 fully saturated rings. The third-order valence-electron chi connectivity index (χ3n) is 2.38. The van der Waals surface area contributed by atoms with Gasteiger partial charge in [-0.1, -0.05) is 6.07 Å². The Morgan fingerprint density at radius 2 is 2.10 bits per heavy atom. The standard InChI is InChI=1S/C14H12F2N2O2/c1-9(19)17-14-4-2-3-11(18-14)8-20-13-6-5-10(15)7-12(13)16/h2-7H,8H2,1H3,(H,17,18,19). The number of nitrogens with zero attached hydrogens (tertiary/aromatic N) is 1. The topological polar surface area (TPSA) is 51.2 Å². The van der Waals surface area contributed by atoms with Crippen LogP contribution in [0.1, 0.15) is 12.6 Å². The molecule has 2 rings (SSSR count). The molecular formula is C14H12F2N2O2. The van der Waals surface area contributed by atoms with Gasteiger partial charge in [0.05, 0.1) is 5.69 Å². The van der Waals surface area contributed by atoms with Gasteiger partial charge >= 0.3 is 0 Å². The molecule has 0 aliphatic carbocycles. The Balaban J connectivity index is 2.05. The zero-order valence-electron chi connectivity index (χ0n) is 10.7. The van der Waals surface area contributed by atoms with E-state index >= 15 is 0 Å². The maximum atomic E-state index is 13.4. The third kappa shape index (κ3) is 3.74. The molecule has 0 bridgehead atoms. The van der Waals surface area contributed by atoms with Crippen LogP contribution in [0.25, 0.3) is 0 Å². The Morgan fingerprint density at radius 3 is 2.80 bits per heavy atom. The Labute approximate surface area is 114 Å². The smallest absolute Gasteiger partial charge is 0.222 e. The number of aromatic nitrogens is 1. The van der Waals surface area contributed by atoms with Crippen molar-refractivity contribution in [2.45, 2.75) is 13.5 Å². The van der Waals surface area contributed by atoms with E-state index in [0.29, 0.717) is 11.5 Å². The van der Waals surface area contributed by atoms with Crippen molar-refractivity contribution in [1.29, 1.82) is 0 Å². The second-order valence-electron chi connectivity index (χ2n) is 4.06. The molecule has 0 unspecified atom stereocenters. The highest BCUT2D eigenvalue weighted by Crippen LogP contribution is 2.18. The van der Waals surface area contributed by atoms with Crippen molar-refractivity contribution in [1.82, 2.24) is 4.98 Å². The fraction of sp³-hybridized carbons (Fsp3) is 0.143. The summed E-state index contributed by atoms with van der Waals surface area (Å²) < 4.78 is 31.3. The first-order valence-electron chi connectivity index (χ1n) is 5.86. The zero-order chi connectivity index (χ0) is 14.5. The number of rotatable bonds is 4. The van der Waals surface area contributed by atoms with Gasteiger partial charge in [-0.15, -0.1) is 0 Å². The van der Waals surface area contributed by atoms with Crippen LogP contribution in [-0.2, 0) is 11.4 Å². The molecule has 1 N–H and O–H groups in total. The lowest BCUT2D eigenvalue weighted by molar-refractivity contribution is -0.114. The predicted molar refractivity (Wildman–Crippen MR) is 69.2 cm³/mol. The fourth-order valence-electron chi connectivity index (χ4n) is 1.55. The summed E-state index contributed by atoms with van der Waals surface area (Å²) in [6, 6.07) is 8.06. The van der Waals surface area contributed by atoms with Crippen molar-refractivity contribution in [3.63, 3.8) is 0 Å². The quantitative estimate of drug-likeness (QED) is 0.935. The lowest BCUT2D eigenvalue weighted by atomic mass is 10.3. The first-order chi connectivity index (χ1) is 9.54. The van der Waals surface area contributed by atoms with E-state index in [4.69, 9.17) is 4.74 Å². The fourth-order valence-corrected chi connectivity index (χ4v) is 1.55. The highest BCUT2D eigenvalue weighted by atomic mass is 19.1. The van der Waals surface area contributed by atoms with Crippen LogP contribution >= 0.6 is 0 Å². The van der Waals surface area contributed by atoms with Crippen molar-refractivity contribution < 1.29 is 18.3 Å². The predicted octanol–water partition coefficient (Wildman–Crippen LogP) is 2.90. The third-order valence-corrected chi connectivity index (χ3v) is 2.38. The number of benzene rings is 1. The van der Waals surface area contributed by atoms with E-state index in [1.807, 2.05) is 0 Å². The van der Waals surface area contributed by atoms with Crippen LogP contribution in [0.3, 0.4) is 0 Å². The van der Waals surface area contributed by atoms with Crippen molar-refractivity contribution >= 4 is 11.7 Å². The van der Waals surface area contributed by atoms with Crippen molar-refractivity contribution in [3.8, 4) is 5.75 Å². The van der Waals surface area contributed by atoms with Gasteiger partial charge in [-0.2, -0.15) is 0 Å². The molecule has 0 saturated carbocycles. The molecule has 0 atom stereocenters. The molecule has 20 heavy (non-hydrogen) atoms. The number of anilines is 1. The summed E-state index contributed by atoms with van der Waals surface area (Å²) in [4.78, 5) is 15.0. The molecule has 1 aromatic carbocycles. The molecular weight excluding hydrogens is 266 g/mol. The van der Waals surface area contributed by atoms with E-state index < -0.39 is 11.6 Å². The molecule has 6 heteroatoms. The van der Waals surface area contributed by atoms with Crippen LogP contribution in [0.2, 0.25) is 0 Å². The van der Waals surface area contributed by atoms with Gasteiger partial charge in [0.2, 0.25) is 5.91 Å². The van der Waals surface area contributed by atoms with Gasteiger partial charge in [0.1, 0.15) is 18.2 Å². The SMILES string of the molecule is CC(=O)Nc1cccc(COc2ccc(F)cc2F)n1. The monoisotopic (exact) mass is 278 g/mol. The Morgan fingerprint density at radius 1 is 1.30 bits per heavy atom. The minimum Gasteiger partial charge on any atom is -0.484 e. The number of halogens is 2. The van der Waals surface area contributed by atoms with Crippen LogP contribution in [0.4, 0.5) is 14.6 Å². The van der Waals surface area contributed by atoms with Gasteiger partial charge in [0.15, 0.2) is 11.6 Å². The van der Waals surface area contributed by atoms with Gasteiger partial charge in [0, 0.05) is 13.0 Å². The van der Waals surface area contributed by atoms with E-state index in [1.165, 1.54) is 13.0 Å². The minimum absolute atomic E-state index is 0.00990. The number of amides is 1. The number of hydrogen-bond donors (Lipinski definition) is 1. The summed E-state index contributed by atoms with van der Waals surface area (Å²) in [6.45, 7) is 1.38. The van der Waals surface area contributed by atoms with E-state index in [1.54, 1.807) is 18.2 Å². The molecule has 1 heterocycles. The average Bonchev–Trinajstić information content (AvgIpc) is 2.37. The lowest BCUT2D eigenvalue weighted by Crippen LogP contribution is -2.09. The van der Waals surface area contributed by atoms with Crippen LogP contribution in [0.5, 0.6) is 5.75 Å². The van der Waals surface area contributed by atoms with Gasteiger partial charge in [-0.05, 0) is 24.3 Å². The Hall–Kier alpha value is -2.50. The first-order valence-corrected chi connectivity index (χ1v) is 5.86. The number of hydrogen-bond acceptors (Lipinski definition) is 3. The molecule has 0 aliphatic rings. The summed E-state index contributed by atoms with van der Waals surface area (Å²) in [5, 5.41) is 2.53. The molecule has 1 amide bonds. The Kier molecular flexibility index (Phi) is 4.24. The number of ether oxygens (including phenoxy) is 1. The summed E-state index contributed by atoms with van der Waals surface area (Å²) in [5.74, 6) is -1.35. The molecule has 4 nitrogen and oxygen atoms in total. The molecule has 0 saturated heterocycles. The number of carbonyl (C=O) groups is 1. The molecule has 0 aliphatic heterocycles. The lowest BCUT2D eigenvalue weighted by Gasteiger charge is -2.08. The summed E-state index contributed by atoms with van der Waals surface area (Å²) in [5.41, 5.74) is 0.514. The number of carbonyl (C=O) groups excluding carboxylic acids is 1. The summed E-state index contributed by atoms with van der Waals surface area (Å²) in [6.07, 6.45) is 0. The molecule has 0 spiro atoms. The van der Waals surface area contributed by atoms with Gasteiger partial charge in [-0.25, -0.2) is 13.8 Å². The second-order valence-corrected chi connectivity index (χ2v) is 4.06. The van der Waals surface area contributed by atoms with Crippen LogP contribution in [0, 0.1) is 11.6 Å². The maximum Gasteiger partial charge on any atom is 0.222 e. The summed E-state index contributed by atoms with van der Waals surface area (Å²) in [7, 11) is 0. The highest BCUT2D eigenvalue weighted by Gasteiger charge is 2.06. The van der Waals surface area contributed by atoms with E-state index in [9.17, 15) is 13.6 Å². The minimum atomic E-state index is -0.775. The van der Waals surface area contributed by atoms with Crippen LogP contribution in [0.15, 0.2) is 36.4 Å². The zero-order valence-corrected chi connectivity index (χ0v) is 10.7. The van der Waals surface area contributed by atoms with Crippen molar-refractivity contribution in [2.75, 3.05) is 5.32 Å². The van der Waals surface area contributed by atoms with E-state index in [2.05, 4.69) is 10.3 Å². The molecule has 0 radical (unpaired) electrons. The van der Waals surface area contributed by atoms with Crippen molar-refractivity contribution in [3.05, 3.63) is 53.7 Å². The van der Waals surface area contributed by atoms with Crippen LogP contribution < -0.4 is 10.1 Å². The summed E-state index contributed by atoms with van der Waals surface area (Å²) >= 11 is 0. The van der Waals surface area contributed by atoms with E-state index in [0.717, 1.165) is 12.1 Å². The van der Waals surface area contributed by atoms with Crippen LogP contribution in [-0.4, -0.2) is 10.9 Å². The largest absolute Gasteiger partial charge is 0.484 e. The number of pyridine rings is 1. The van der Waals surface area contributed by atoms with Gasteiger partial charge < -0.3 is 10.1 Å².